The van der Waals surface area contributed by atoms with E-state index in [4.69, 9.17) is 10.6 Å². The second-order valence-corrected chi connectivity index (χ2v) is 4.82. The summed E-state index contributed by atoms with van der Waals surface area (Å²) in [5, 5.41) is 4.34. The second-order valence-electron chi connectivity index (χ2n) is 4.82. The molecule has 0 radical (unpaired) electrons. The van der Waals surface area contributed by atoms with E-state index < -0.39 is 0 Å². The van der Waals surface area contributed by atoms with Crippen molar-refractivity contribution < 1.29 is 4.74 Å². The van der Waals surface area contributed by atoms with Crippen LogP contribution in [0, 0.1) is 12.8 Å². The first-order chi connectivity index (χ1) is 7.99. The summed E-state index contributed by atoms with van der Waals surface area (Å²) in [6, 6.07) is 2.17. The van der Waals surface area contributed by atoms with Crippen LogP contribution in [0.3, 0.4) is 0 Å². The summed E-state index contributed by atoms with van der Waals surface area (Å²) >= 11 is 0. The van der Waals surface area contributed by atoms with Gasteiger partial charge in [0.05, 0.1) is 17.8 Å². The van der Waals surface area contributed by atoms with Gasteiger partial charge in [-0.05, 0) is 18.9 Å². The summed E-state index contributed by atoms with van der Waals surface area (Å²) in [4.78, 5) is 0. The Bertz CT molecular complexity index is 348. The maximum absolute atomic E-state index is 5.63. The maximum atomic E-state index is 5.63. The van der Waals surface area contributed by atoms with E-state index in [0.29, 0.717) is 5.92 Å². The number of aromatic nitrogens is 2. The number of nitrogens with two attached hydrogens (primary N) is 1. The van der Waals surface area contributed by atoms with Crippen LogP contribution >= 0.6 is 0 Å². The SMILES string of the molecule is COC(C(C)C)C(Cc1cc(C)nn1C)NN. The van der Waals surface area contributed by atoms with E-state index in [0.717, 1.165) is 17.8 Å². The van der Waals surface area contributed by atoms with E-state index in [2.05, 4.69) is 30.4 Å². The second kappa shape index (κ2) is 6.14. The predicted molar refractivity (Wildman–Crippen MR) is 68.4 cm³/mol. The highest BCUT2D eigenvalue weighted by molar-refractivity contribution is 5.10. The van der Waals surface area contributed by atoms with Gasteiger partial charge in [0, 0.05) is 26.3 Å². The van der Waals surface area contributed by atoms with Gasteiger partial charge in [0.1, 0.15) is 0 Å². The molecular weight excluding hydrogens is 216 g/mol. The van der Waals surface area contributed by atoms with E-state index in [9.17, 15) is 0 Å². The van der Waals surface area contributed by atoms with Gasteiger partial charge in [-0.25, -0.2) is 0 Å². The predicted octanol–water partition coefficient (Wildman–Crippen LogP) is 0.774. The minimum atomic E-state index is 0.0924. The zero-order valence-electron chi connectivity index (χ0n) is 11.4. The fraction of sp³-hybridized carbons (Fsp3) is 0.750. The molecule has 2 unspecified atom stereocenters. The highest BCUT2D eigenvalue weighted by Gasteiger charge is 2.24. The summed E-state index contributed by atoms with van der Waals surface area (Å²) < 4.78 is 7.41. The molecule has 1 aromatic rings. The van der Waals surface area contributed by atoms with Crippen LogP contribution in [0.2, 0.25) is 0 Å². The highest BCUT2D eigenvalue weighted by Crippen LogP contribution is 2.14. The van der Waals surface area contributed by atoms with E-state index in [-0.39, 0.29) is 12.1 Å². The molecule has 0 amide bonds. The van der Waals surface area contributed by atoms with Crippen molar-refractivity contribution in [3.63, 3.8) is 0 Å². The van der Waals surface area contributed by atoms with Crippen molar-refractivity contribution in [2.75, 3.05) is 7.11 Å². The molecule has 98 valence electrons. The number of methoxy groups -OCH3 is 1. The number of ether oxygens (including phenoxy) is 1. The maximum Gasteiger partial charge on any atom is 0.0764 e. The first-order valence-corrected chi connectivity index (χ1v) is 5.98. The smallest absolute Gasteiger partial charge is 0.0764 e. The number of nitrogens with one attached hydrogen (secondary N) is 1. The molecule has 0 aliphatic carbocycles. The van der Waals surface area contributed by atoms with Crippen molar-refractivity contribution in [3.05, 3.63) is 17.5 Å². The lowest BCUT2D eigenvalue weighted by molar-refractivity contribution is 0.0327. The quantitative estimate of drug-likeness (QED) is 0.569. The van der Waals surface area contributed by atoms with Gasteiger partial charge < -0.3 is 4.74 Å². The Morgan fingerprint density at radius 3 is 2.53 bits per heavy atom. The Labute approximate surface area is 103 Å². The molecule has 0 aromatic carbocycles. The monoisotopic (exact) mass is 240 g/mol. The molecule has 0 aliphatic heterocycles. The highest BCUT2D eigenvalue weighted by atomic mass is 16.5. The molecule has 0 fully saturated rings. The Kier molecular flexibility index (Phi) is 5.11. The first-order valence-electron chi connectivity index (χ1n) is 5.98. The Balaban J connectivity index is 2.78. The summed E-state index contributed by atoms with van der Waals surface area (Å²) in [5.74, 6) is 6.04. The molecule has 1 heterocycles. The molecule has 0 saturated heterocycles. The molecule has 17 heavy (non-hydrogen) atoms. The lowest BCUT2D eigenvalue weighted by Gasteiger charge is -2.28. The third-order valence-electron chi connectivity index (χ3n) is 3.07. The Morgan fingerprint density at radius 1 is 1.53 bits per heavy atom. The van der Waals surface area contributed by atoms with Gasteiger partial charge >= 0.3 is 0 Å². The van der Waals surface area contributed by atoms with Crippen LogP contribution in [0.5, 0.6) is 0 Å². The molecule has 2 atom stereocenters. The fourth-order valence-electron chi connectivity index (χ4n) is 2.25. The lowest BCUT2D eigenvalue weighted by atomic mass is 9.96. The van der Waals surface area contributed by atoms with Crippen LogP contribution in [0.1, 0.15) is 25.2 Å². The summed E-state index contributed by atoms with van der Waals surface area (Å²) in [7, 11) is 3.68. The number of hydrogen-bond acceptors (Lipinski definition) is 4. The normalized spacial score (nSPS) is 15.2. The molecule has 1 rings (SSSR count). The third-order valence-corrected chi connectivity index (χ3v) is 3.07. The molecule has 0 spiro atoms. The van der Waals surface area contributed by atoms with Crippen molar-refractivity contribution in [1.82, 2.24) is 15.2 Å². The first kappa shape index (κ1) is 14.2. The average Bonchev–Trinajstić information content (AvgIpc) is 2.56. The van der Waals surface area contributed by atoms with Gasteiger partial charge in [-0.1, -0.05) is 13.8 Å². The minimum absolute atomic E-state index is 0.0924. The summed E-state index contributed by atoms with van der Waals surface area (Å²) in [6.07, 6.45) is 0.903. The Hall–Kier alpha value is -0.910. The standard InChI is InChI=1S/C12H24N4O/c1-8(2)12(17-5)11(14-13)7-10-6-9(3)15-16(10)4/h6,8,11-12,14H,7,13H2,1-5H3. The largest absolute Gasteiger partial charge is 0.380 e. The van der Waals surface area contributed by atoms with Gasteiger partial charge in [0.15, 0.2) is 0 Å². The van der Waals surface area contributed by atoms with Gasteiger partial charge in [-0.3, -0.25) is 16.0 Å². The number of hydrazine groups is 1. The zero-order chi connectivity index (χ0) is 13.0. The third kappa shape index (κ3) is 3.52. The molecule has 3 N–H and O–H groups in total. The van der Waals surface area contributed by atoms with Crippen molar-refractivity contribution >= 4 is 0 Å². The molecule has 5 nitrogen and oxygen atoms in total. The summed E-state index contributed by atoms with van der Waals surface area (Å²) in [5.41, 5.74) is 5.04. The van der Waals surface area contributed by atoms with Gasteiger partial charge in [-0.15, -0.1) is 0 Å². The van der Waals surface area contributed by atoms with Crippen LogP contribution in [0.25, 0.3) is 0 Å². The van der Waals surface area contributed by atoms with Crippen molar-refractivity contribution in [2.24, 2.45) is 18.8 Å². The van der Waals surface area contributed by atoms with Crippen LogP contribution in [0.15, 0.2) is 6.07 Å². The molecule has 1 aromatic heterocycles. The fourth-order valence-corrected chi connectivity index (χ4v) is 2.25. The zero-order valence-corrected chi connectivity index (χ0v) is 11.4. The number of aryl methyl sites for hydroxylation is 2. The van der Waals surface area contributed by atoms with Gasteiger partial charge in [0.25, 0.3) is 0 Å². The van der Waals surface area contributed by atoms with E-state index in [1.165, 1.54) is 0 Å². The topological polar surface area (TPSA) is 65.1 Å². The average molecular weight is 240 g/mol. The molecule has 0 saturated carbocycles. The molecule has 0 bridgehead atoms. The van der Waals surface area contributed by atoms with Crippen LogP contribution < -0.4 is 11.3 Å². The van der Waals surface area contributed by atoms with Crippen molar-refractivity contribution in [3.8, 4) is 0 Å². The van der Waals surface area contributed by atoms with Gasteiger partial charge in [0.2, 0.25) is 0 Å². The number of rotatable bonds is 6. The van der Waals surface area contributed by atoms with Crippen LogP contribution in [-0.2, 0) is 18.2 Å². The van der Waals surface area contributed by atoms with Crippen molar-refractivity contribution in [1.29, 1.82) is 0 Å². The Morgan fingerprint density at radius 2 is 2.18 bits per heavy atom. The van der Waals surface area contributed by atoms with Gasteiger partial charge in [-0.2, -0.15) is 5.10 Å². The summed E-state index contributed by atoms with van der Waals surface area (Å²) in [6.45, 7) is 6.25. The lowest BCUT2D eigenvalue weighted by Crippen LogP contribution is -2.48. The number of hydrogen-bond donors (Lipinski definition) is 2. The number of nitrogens with zero attached hydrogens (tertiary/aromatic N) is 2. The van der Waals surface area contributed by atoms with Crippen LogP contribution in [-0.4, -0.2) is 29.0 Å². The molecular formula is C12H24N4O. The van der Waals surface area contributed by atoms with E-state index >= 15 is 0 Å². The van der Waals surface area contributed by atoms with E-state index in [1.54, 1.807) is 7.11 Å². The van der Waals surface area contributed by atoms with Crippen LogP contribution in [0.4, 0.5) is 0 Å². The van der Waals surface area contributed by atoms with E-state index in [1.807, 2.05) is 18.7 Å². The molecule has 5 heteroatoms. The minimum Gasteiger partial charge on any atom is -0.380 e. The molecule has 0 aliphatic rings. The van der Waals surface area contributed by atoms with Crippen molar-refractivity contribution in [2.45, 2.75) is 39.3 Å².